The highest BCUT2D eigenvalue weighted by Crippen LogP contribution is 2.65. The second-order valence-electron chi connectivity index (χ2n) is 9.28. The second kappa shape index (κ2) is 6.18. The molecule has 3 unspecified atom stereocenters. The Morgan fingerprint density at radius 3 is 2.75 bits per heavy atom. The van der Waals surface area contributed by atoms with Crippen molar-refractivity contribution in [1.29, 1.82) is 0 Å². The number of hydrogen-bond acceptors (Lipinski definition) is 3. The summed E-state index contributed by atoms with van der Waals surface area (Å²) >= 11 is 1.60. The van der Waals surface area contributed by atoms with Crippen LogP contribution in [-0.2, 0) is 11.2 Å². The standard InChI is InChI=1S/C23H27N3OS/c1-22(2)16-9-10-23(22,3)19(11-16)25-20(27)12-17-14-28-21-24-18(13-26(17)21)15-7-5-4-6-8-15/h4-8,13-14,16,19H,9-12H2,1-3H3,(H,25,27). The average molecular weight is 394 g/mol. The predicted molar refractivity (Wildman–Crippen MR) is 113 cm³/mol. The van der Waals surface area contributed by atoms with Crippen molar-refractivity contribution in [2.45, 2.75) is 52.5 Å². The van der Waals surface area contributed by atoms with E-state index in [2.05, 4.69) is 48.0 Å². The quantitative estimate of drug-likeness (QED) is 0.683. The lowest BCUT2D eigenvalue weighted by atomic mass is 9.69. The Morgan fingerprint density at radius 1 is 1.29 bits per heavy atom. The predicted octanol–water partition coefficient (Wildman–Crippen LogP) is 4.94. The van der Waals surface area contributed by atoms with Crippen molar-refractivity contribution in [2.75, 3.05) is 0 Å². The van der Waals surface area contributed by atoms with Crippen LogP contribution in [0.4, 0.5) is 0 Å². The Balaban J connectivity index is 1.33. The lowest BCUT2D eigenvalue weighted by Crippen LogP contribution is -2.47. The van der Waals surface area contributed by atoms with Gasteiger partial charge in [0.05, 0.1) is 12.1 Å². The van der Waals surface area contributed by atoms with E-state index in [1.54, 1.807) is 11.3 Å². The van der Waals surface area contributed by atoms with Gasteiger partial charge in [0.1, 0.15) is 0 Å². The van der Waals surface area contributed by atoms with Crippen LogP contribution in [0.1, 0.15) is 45.7 Å². The molecule has 2 aliphatic rings. The summed E-state index contributed by atoms with van der Waals surface area (Å²) in [7, 11) is 0. The molecular weight excluding hydrogens is 366 g/mol. The number of carbonyl (C=O) groups is 1. The largest absolute Gasteiger partial charge is 0.352 e. The number of fused-ring (bicyclic) bond motifs is 3. The summed E-state index contributed by atoms with van der Waals surface area (Å²) in [6.07, 6.45) is 6.10. The van der Waals surface area contributed by atoms with Gasteiger partial charge in [0.25, 0.3) is 0 Å². The number of amides is 1. The first-order chi connectivity index (χ1) is 13.4. The van der Waals surface area contributed by atoms with Crippen LogP contribution in [0, 0.1) is 16.7 Å². The smallest absolute Gasteiger partial charge is 0.226 e. The summed E-state index contributed by atoms with van der Waals surface area (Å²) in [5.74, 6) is 0.863. The number of carbonyl (C=O) groups excluding carboxylic acids is 1. The highest BCUT2D eigenvalue weighted by molar-refractivity contribution is 7.15. The molecule has 3 aromatic rings. The fraction of sp³-hybridized carbons (Fsp3) is 0.478. The molecule has 0 saturated heterocycles. The minimum absolute atomic E-state index is 0.129. The van der Waals surface area contributed by atoms with Crippen molar-refractivity contribution < 1.29 is 4.79 Å². The molecule has 146 valence electrons. The van der Waals surface area contributed by atoms with Gasteiger partial charge in [-0.3, -0.25) is 9.20 Å². The fourth-order valence-electron chi connectivity index (χ4n) is 5.54. The summed E-state index contributed by atoms with van der Waals surface area (Å²) in [5, 5.41) is 5.44. The van der Waals surface area contributed by atoms with E-state index in [0.29, 0.717) is 17.9 Å². The maximum absolute atomic E-state index is 12.9. The second-order valence-corrected chi connectivity index (χ2v) is 10.1. The minimum Gasteiger partial charge on any atom is -0.352 e. The third kappa shape index (κ3) is 2.55. The van der Waals surface area contributed by atoms with Crippen molar-refractivity contribution in [3.8, 4) is 11.3 Å². The molecule has 2 aliphatic carbocycles. The SMILES string of the molecule is CC1(C)C2CCC1(C)C(NC(=O)Cc1csc3nc(-c4ccccc4)cn13)C2. The molecule has 5 heteroatoms. The molecule has 4 nitrogen and oxygen atoms in total. The zero-order valence-corrected chi connectivity index (χ0v) is 17.6. The highest BCUT2D eigenvalue weighted by Gasteiger charge is 2.61. The van der Waals surface area contributed by atoms with E-state index in [9.17, 15) is 4.79 Å². The van der Waals surface area contributed by atoms with Gasteiger partial charge in [-0.2, -0.15) is 0 Å². The first-order valence-corrected chi connectivity index (χ1v) is 11.1. The zero-order chi connectivity index (χ0) is 19.5. The summed E-state index contributed by atoms with van der Waals surface area (Å²) in [5.41, 5.74) is 3.60. The Morgan fingerprint density at radius 2 is 2.07 bits per heavy atom. The van der Waals surface area contributed by atoms with E-state index in [4.69, 9.17) is 4.98 Å². The molecule has 1 aromatic carbocycles. The first-order valence-electron chi connectivity index (χ1n) is 10.2. The van der Waals surface area contributed by atoms with Crippen molar-refractivity contribution in [3.63, 3.8) is 0 Å². The van der Waals surface area contributed by atoms with Crippen molar-refractivity contribution in [1.82, 2.24) is 14.7 Å². The molecule has 2 bridgehead atoms. The van der Waals surface area contributed by atoms with Gasteiger partial charge in [-0.05, 0) is 36.0 Å². The van der Waals surface area contributed by atoms with Crippen LogP contribution in [0.15, 0.2) is 41.9 Å². The number of thiazole rings is 1. The maximum Gasteiger partial charge on any atom is 0.226 e. The molecule has 2 heterocycles. The Labute approximate surface area is 170 Å². The van der Waals surface area contributed by atoms with E-state index in [1.807, 2.05) is 24.4 Å². The van der Waals surface area contributed by atoms with Gasteiger partial charge >= 0.3 is 0 Å². The van der Waals surface area contributed by atoms with Crippen molar-refractivity contribution in [2.24, 2.45) is 16.7 Å². The van der Waals surface area contributed by atoms with Gasteiger partial charge in [0.15, 0.2) is 4.96 Å². The van der Waals surface area contributed by atoms with Crippen LogP contribution >= 0.6 is 11.3 Å². The molecule has 28 heavy (non-hydrogen) atoms. The number of rotatable bonds is 4. The van der Waals surface area contributed by atoms with Crippen LogP contribution in [0.5, 0.6) is 0 Å². The molecule has 0 aliphatic heterocycles. The first kappa shape index (κ1) is 17.9. The summed E-state index contributed by atoms with van der Waals surface area (Å²) in [6, 6.07) is 10.5. The minimum atomic E-state index is 0.129. The van der Waals surface area contributed by atoms with Crippen molar-refractivity contribution >= 4 is 22.2 Å². The summed E-state index contributed by atoms with van der Waals surface area (Å²) < 4.78 is 2.07. The lowest BCUT2D eigenvalue weighted by molar-refractivity contribution is -0.122. The number of nitrogens with zero attached hydrogens (tertiary/aromatic N) is 2. The fourth-order valence-corrected chi connectivity index (χ4v) is 6.41. The average Bonchev–Trinajstić information content (AvgIpc) is 3.35. The number of nitrogens with one attached hydrogen (secondary N) is 1. The molecule has 2 saturated carbocycles. The Kier molecular flexibility index (Phi) is 3.96. The van der Waals surface area contributed by atoms with Gasteiger partial charge in [-0.15, -0.1) is 11.3 Å². The van der Waals surface area contributed by atoms with Crippen LogP contribution in [0.2, 0.25) is 0 Å². The molecule has 0 radical (unpaired) electrons. The number of imidazole rings is 1. The zero-order valence-electron chi connectivity index (χ0n) is 16.7. The number of aromatic nitrogens is 2. The molecule has 1 N–H and O–H groups in total. The topological polar surface area (TPSA) is 46.4 Å². The van der Waals surface area contributed by atoms with Gasteiger partial charge in [-0.25, -0.2) is 4.98 Å². The summed E-state index contributed by atoms with van der Waals surface area (Å²) in [4.78, 5) is 18.5. The lowest BCUT2D eigenvalue weighted by Gasteiger charge is -2.39. The van der Waals surface area contributed by atoms with Gasteiger partial charge in [-0.1, -0.05) is 51.1 Å². The third-order valence-corrected chi connectivity index (χ3v) is 8.71. The van der Waals surface area contributed by atoms with E-state index >= 15 is 0 Å². The van der Waals surface area contributed by atoms with Crippen LogP contribution < -0.4 is 5.32 Å². The molecule has 2 fully saturated rings. The molecular formula is C23H27N3OS. The van der Waals surface area contributed by atoms with Crippen molar-refractivity contribution in [3.05, 3.63) is 47.6 Å². The third-order valence-electron chi connectivity index (χ3n) is 7.82. The number of benzene rings is 1. The number of hydrogen-bond donors (Lipinski definition) is 1. The molecule has 1 amide bonds. The molecule has 5 rings (SSSR count). The van der Waals surface area contributed by atoms with Crippen LogP contribution in [0.3, 0.4) is 0 Å². The Bertz CT molecular complexity index is 1030. The highest BCUT2D eigenvalue weighted by atomic mass is 32.1. The van der Waals surface area contributed by atoms with E-state index < -0.39 is 0 Å². The molecule has 0 spiro atoms. The van der Waals surface area contributed by atoms with Gasteiger partial charge in [0, 0.05) is 28.9 Å². The van der Waals surface area contributed by atoms with Gasteiger partial charge in [0.2, 0.25) is 5.91 Å². The van der Waals surface area contributed by atoms with E-state index in [0.717, 1.165) is 34.3 Å². The molecule has 2 aromatic heterocycles. The van der Waals surface area contributed by atoms with Crippen LogP contribution in [0.25, 0.3) is 16.2 Å². The molecule has 3 atom stereocenters. The van der Waals surface area contributed by atoms with E-state index in [-0.39, 0.29) is 11.3 Å². The maximum atomic E-state index is 12.9. The van der Waals surface area contributed by atoms with Crippen LogP contribution in [-0.4, -0.2) is 21.3 Å². The normalized spacial score (nSPS) is 28.1. The summed E-state index contributed by atoms with van der Waals surface area (Å²) in [6.45, 7) is 7.14. The Hall–Kier alpha value is -2.14. The van der Waals surface area contributed by atoms with Gasteiger partial charge < -0.3 is 5.32 Å². The monoisotopic (exact) mass is 393 g/mol. The van der Waals surface area contributed by atoms with E-state index in [1.165, 1.54) is 12.8 Å².